The minimum atomic E-state index is -0.372. The van der Waals surface area contributed by atoms with Crippen molar-refractivity contribution in [3.8, 4) is 0 Å². The van der Waals surface area contributed by atoms with Crippen LogP contribution in [0.1, 0.15) is 57.1 Å². The van der Waals surface area contributed by atoms with Gasteiger partial charge in [-0.3, -0.25) is 19.7 Å². The number of thiazole rings is 1. The molecule has 0 unspecified atom stereocenters. The minimum absolute atomic E-state index is 0.151. The highest BCUT2D eigenvalue weighted by Gasteiger charge is 2.25. The van der Waals surface area contributed by atoms with E-state index < -0.39 is 0 Å². The molecule has 7 heteroatoms. The Kier molecular flexibility index (Phi) is 6.46. The Hall–Kier alpha value is -3.32. The molecule has 0 radical (unpaired) electrons. The number of fused-ring (bicyclic) bond motifs is 1. The number of rotatable bonds is 6. The molecule has 1 aliphatic rings. The fourth-order valence-corrected chi connectivity index (χ4v) is 4.75. The number of nitrogens with one attached hydrogen (secondary N) is 1. The predicted octanol–water partition coefficient (Wildman–Crippen LogP) is 4.56. The third-order valence-electron chi connectivity index (χ3n) is 5.34. The van der Waals surface area contributed by atoms with Crippen molar-refractivity contribution >= 4 is 34.1 Å². The molecule has 2 heterocycles. The molecule has 1 N–H and O–H groups in total. The molecule has 0 atom stereocenters. The van der Waals surface area contributed by atoms with Crippen LogP contribution in [0.3, 0.4) is 0 Å². The lowest BCUT2D eigenvalue weighted by atomic mass is 9.98. The van der Waals surface area contributed by atoms with Crippen LogP contribution in [0, 0.1) is 5.92 Å². The van der Waals surface area contributed by atoms with Crippen LogP contribution < -0.4 is 5.32 Å². The molecule has 1 aromatic heterocycles. The van der Waals surface area contributed by atoms with Crippen molar-refractivity contribution in [2.75, 3.05) is 11.9 Å². The van der Waals surface area contributed by atoms with E-state index in [2.05, 4.69) is 10.3 Å². The van der Waals surface area contributed by atoms with Crippen molar-refractivity contribution in [1.82, 2.24) is 9.88 Å². The minimum Gasteiger partial charge on any atom is -0.337 e. The van der Waals surface area contributed by atoms with Gasteiger partial charge in [0.2, 0.25) is 5.91 Å². The Labute approximate surface area is 191 Å². The molecule has 0 fully saturated rings. The lowest BCUT2D eigenvalue weighted by molar-refractivity contribution is -0.132. The van der Waals surface area contributed by atoms with Gasteiger partial charge in [0, 0.05) is 35.4 Å². The van der Waals surface area contributed by atoms with Gasteiger partial charge in [0.15, 0.2) is 10.9 Å². The Morgan fingerprint density at radius 1 is 1.03 bits per heavy atom. The number of anilines is 1. The molecule has 32 heavy (non-hydrogen) atoms. The highest BCUT2D eigenvalue weighted by atomic mass is 32.1. The van der Waals surface area contributed by atoms with E-state index in [0.29, 0.717) is 53.7 Å². The van der Waals surface area contributed by atoms with Crippen molar-refractivity contribution in [2.24, 2.45) is 5.92 Å². The van der Waals surface area contributed by atoms with Gasteiger partial charge in [0.1, 0.15) is 0 Å². The van der Waals surface area contributed by atoms with Crippen LogP contribution in [0.2, 0.25) is 0 Å². The third kappa shape index (κ3) is 4.78. The second-order valence-corrected chi connectivity index (χ2v) is 9.33. The van der Waals surface area contributed by atoms with Gasteiger partial charge in [-0.25, -0.2) is 4.98 Å². The number of carbonyl (C=O) groups is 3. The zero-order valence-electron chi connectivity index (χ0n) is 18.1. The number of benzene rings is 2. The van der Waals surface area contributed by atoms with E-state index in [-0.39, 0.29) is 17.6 Å². The number of hydrogen-bond acceptors (Lipinski definition) is 5. The predicted molar refractivity (Wildman–Crippen MR) is 125 cm³/mol. The van der Waals surface area contributed by atoms with Crippen molar-refractivity contribution in [2.45, 2.75) is 33.2 Å². The molecule has 0 saturated heterocycles. The number of ketones is 1. The molecule has 2 aromatic carbocycles. The zero-order valence-corrected chi connectivity index (χ0v) is 18.9. The van der Waals surface area contributed by atoms with Crippen molar-refractivity contribution < 1.29 is 14.4 Å². The summed E-state index contributed by atoms with van der Waals surface area (Å²) in [6.45, 7) is 5.24. The second-order valence-electron chi connectivity index (χ2n) is 8.25. The van der Waals surface area contributed by atoms with Gasteiger partial charge >= 0.3 is 0 Å². The fraction of sp³-hybridized carbons (Fsp3) is 0.280. The number of hydrogen-bond donors (Lipinski definition) is 1. The Bertz CT molecular complexity index is 1150. The van der Waals surface area contributed by atoms with E-state index >= 15 is 0 Å². The lowest BCUT2D eigenvalue weighted by Gasteiger charge is -2.26. The number of nitrogens with zero attached hydrogens (tertiary/aromatic N) is 2. The van der Waals surface area contributed by atoms with Crippen LogP contribution in [0.5, 0.6) is 0 Å². The summed E-state index contributed by atoms with van der Waals surface area (Å²) in [7, 11) is 0. The second kappa shape index (κ2) is 9.44. The maximum absolute atomic E-state index is 13.0. The van der Waals surface area contributed by atoms with Crippen LogP contribution in [-0.2, 0) is 17.8 Å². The molecule has 4 rings (SSSR count). The first-order chi connectivity index (χ1) is 15.4. The summed E-state index contributed by atoms with van der Waals surface area (Å²) < 4.78 is 0. The molecule has 0 spiro atoms. The largest absolute Gasteiger partial charge is 0.337 e. The van der Waals surface area contributed by atoms with Crippen LogP contribution >= 0.6 is 11.3 Å². The summed E-state index contributed by atoms with van der Waals surface area (Å²) >= 11 is 1.39. The fourth-order valence-electron chi connectivity index (χ4n) is 3.73. The molecule has 0 bridgehead atoms. The average molecular weight is 448 g/mol. The van der Waals surface area contributed by atoms with Crippen molar-refractivity contribution in [3.63, 3.8) is 0 Å². The quantitative estimate of drug-likeness (QED) is 0.562. The van der Waals surface area contributed by atoms with E-state index in [0.717, 1.165) is 10.6 Å². The lowest BCUT2D eigenvalue weighted by Crippen LogP contribution is -2.36. The van der Waals surface area contributed by atoms with E-state index in [1.165, 1.54) is 11.3 Å². The van der Waals surface area contributed by atoms with Gasteiger partial charge in [-0.05, 0) is 12.0 Å². The molecule has 3 aromatic rings. The van der Waals surface area contributed by atoms with Gasteiger partial charge in [-0.15, -0.1) is 0 Å². The summed E-state index contributed by atoms with van der Waals surface area (Å²) in [5.74, 6) is -0.102. The van der Waals surface area contributed by atoms with E-state index in [1.54, 1.807) is 48.5 Å². The summed E-state index contributed by atoms with van der Waals surface area (Å²) in [5.41, 5.74) is 2.11. The zero-order chi connectivity index (χ0) is 22.7. The van der Waals surface area contributed by atoms with Crippen LogP contribution in [0.15, 0.2) is 54.6 Å². The normalized spacial score (nSPS) is 13.0. The summed E-state index contributed by atoms with van der Waals surface area (Å²) in [6.07, 6.45) is 1.21. The van der Waals surface area contributed by atoms with Crippen molar-refractivity contribution in [3.05, 3.63) is 81.9 Å². The van der Waals surface area contributed by atoms with Gasteiger partial charge in [0.05, 0.1) is 17.8 Å². The topological polar surface area (TPSA) is 79.4 Å². The molecule has 6 nitrogen and oxygen atoms in total. The van der Waals surface area contributed by atoms with E-state index in [4.69, 9.17) is 0 Å². The molecule has 2 amide bonds. The molecule has 0 saturated carbocycles. The summed E-state index contributed by atoms with van der Waals surface area (Å²) in [4.78, 5) is 45.8. The van der Waals surface area contributed by atoms with Crippen LogP contribution in [0.25, 0.3) is 0 Å². The summed E-state index contributed by atoms with van der Waals surface area (Å²) in [5, 5.41) is 3.34. The van der Waals surface area contributed by atoms with E-state index in [9.17, 15) is 14.4 Å². The van der Waals surface area contributed by atoms with Gasteiger partial charge < -0.3 is 4.90 Å². The van der Waals surface area contributed by atoms with Crippen LogP contribution in [-0.4, -0.2) is 34.0 Å². The monoisotopic (exact) mass is 447 g/mol. The molecular formula is C25H25N3O3S. The Balaban J connectivity index is 1.50. The van der Waals surface area contributed by atoms with Gasteiger partial charge in [-0.1, -0.05) is 73.7 Å². The highest BCUT2D eigenvalue weighted by molar-refractivity contribution is 7.15. The Morgan fingerprint density at radius 3 is 2.44 bits per heavy atom. The highest BCUT2D eigenvalue weighted by Crippen LogP contribution is 2.29. The van der Waals surface area contributed by atoms with Gasteiger partial charge in [-0.2, -0.15) is 0 Å². The van der Waals surface area contributed by atoms with Gasteiger partial charge in [0.25, 0.3) is 5.91 Å². The molecule has 164 valence electrons. The maximum Gasteiger partial charge on any atom is 0.258 e. The number of aromatic nitrogens is 1. The standard InChI is InChI=1S/C25H25N3O3S/c1-16(2)14-22(29)28-13-12-20-21(15-28)32-25(26-20)27-24(31)19-11-7-6-10-18(19)23(30)17-8-4-3-5-9-17/h3-11,16H,12-15H2,1-2H3,(H,26,27,31). The Morgan fingerprint density at radius 2 is 1.72 bits per heavy atom. The molecule has 1 aliphatic heterocycles. The molecule has 0 aliphatic carbocycles. The smallest absolute Gasteiger partial charge is 0.258 e. The molecular weight excluding hydrogens is 422 g/mol. The summed E-state index contributed by atoms with van der Waals surface area (Å²) in [6, 6.07) is 15.7. The first-order valence-electron chi connectivity index (χ1n) is 10.7. The number of amides is 2. The van der Waals surface area contributed by atoms with E-state index in [1.807, 2.05) is 24.8 Å². The van der Waals surface area contributed by atoms with Crippen molar-refractivity contribution in [1.29, 1.82) is 0 Å². The SMILES string of the molecule is CC(C)CC(=O)N1CCc2nc(NC(=O)c3ccccc3C(=O)c3ccccc3)sc2C1. The number of carbonyl (C=O) groups excluding carboxylic acids is 3. The third-order valence-corrected chi connectivity index (χ3v) is 6.34. The average Bonchev–Trinajstić information content (AvgIpc) is 3.20. The van der Waals surface area contributed by atoms with Crippen LogP contribution in [0.4, 0.5) is 5.13 Å². The maximum atomic E-state index is 13.0. The first kappa shape index (κ1) is 21.9. The first-order valence-corrected chi connectivity index (χ1v) is 11.5.